The minimum atomic E-state index is -3.24. The third-order valence-electron chi connectivity index (χ3n) is 10.1. The number of carbonyl (C=O) groups is 4. The number of rotatable bonds is 18. The molecule has 3 fully saturated rings. The normalized spacial score (nSPS) is 36.1. The molecule has 4 rings (SSSR count). The lowest BCUT2D eigenvalue weighted by Crippen LogP contribution is -2.71. The van der Waals surface area contributed by atoms with Gasteiger partial charge in [-0.05, 0) is 12.1 Å². The van der Waals surface area contributed by atoms with E-state index in [1.54, 1.807) is 0 Å². The molecule has 61 heavy (non-hydrogen) atoms. The lowest BCUT2D eigenvalue weighted by Gasteiger charge is -2.51. The number of amides is 2. The number of nitrogens with one attached hydrogen (secondary N) is 2. The summed E-state index contributed by atoms with van der Waals surface area (Å²) in [4.78, 5) is 60.5. The molecule has 0 spiro atoms. The van der Waals surface area contributed by atoms with Crippen LogP contribution >= 0.6 is 0 Å². The van der Waals surface area contributed by atoms with Crippen molar-refractivity contribution in [3.8, 4) is 5.75 Å². The first-order chi connectivity index (χ1) is 28.5. The van der Waals surface area contributed by atoms with Crippen molar-refractivity contribution in [3.05, 3.63) is 34.4 Å². The van der Waals surface area contributed by atoms with Gasteiger partial charge < -0.3 is 100 Å². The van der Waals surface area contributed by atoms with Crippen molar-refractivity contribution < 1.29 is 114 Å². The first-order valence-electron chi connectivity index (χ1n) is 18.4. The Morgan fingerprint density at radius 3 is 1.79 bits per heavy atom. The molecule has 1 aromatic rings. The van der Waals surface area contributed by atoms with Crippen molar-refractivity contribution >= 4 is 29.4 Å². The minimum absolute atomic E-state index is 0.153. The van der Waals surface area contributed by atoms with Crippen molar-refractivity contribution in [1.82, 2.24) is 10.6 Å². The second-order valence-corrected chi connectivity index (χ2v) is 14.5. The largest absolute Gasteiger partial charge is 0.477 e. The molecule has 3 saturated heterocycles. The Morgan fingerprint density at radius 1 is 0.820 bits per heavy atom. The van der Waals surface area contributed by atoms with Gasteiger partial charge in [-0.25, -0.2) is 9.59 Å². The van der Waals surface area contributed by atoms with E-state index >= 15 is 0 Å². The quantitative estimate of drug-likeness (QED) is 0.0481. The van der Waals surface area contributed by atoms with Crippen molar-refractivity contribution in [2.45, 2.75) is 130 Å². The number of nitro groups is 1. The smallest absolute Gasteiger partial charge is 0.364 e. The fourth-order valence-corrected chi connectivity index (χ4v) is 7.13. The van der Waals surface area contributed by atoms with Gasteiger partial charge >= 0.3 is 11.9 Å². The van der Waals surface area contributed by atoms with Gasteiger partial charge in [-0.15, -0.1) is 0 Å². The highest BCUT2D eigenvalue weighted by molar-refractivity contribution is 5.77. The van der Waals surface area contributed by atoms with E-state index in [4.69, 9.17) is 28.4 Å². The van der Waals surface area contributed by atoms with Crippen LogP contribution in [0.25, 0.3) is 0 Å². The number of nitro benzene ring substituents is 1. The second-order valence-electron chi connectivity index (χ2n) is 14.5. The number of carboxylic acids is 2. The van der Waals surface area contributed by atoms with Crippen molar-refractivity contribution in [1.29, 1.82) is 0 Å². The third kappa shape index (κ3) is 10.8. The predicted octanol–water partition coefficient (Wildman–Crippen LogP) is -6.88. The Bertz CT molecular complexity index is 1710. The molecule has 3 aliphatic rings. The number of hydrogen-bond donors (Lipinski definition) is 14. The van der Waals surface area contributed by atoms with Crippen LogP contribution in [-0.2, 0) is 42.9 Å². The molecule has 1 aromatic carbocycles. The summed E-state index contributed by atoms with van der Waals surface area (Å²) in [7, 11) is 0. The van der Waals surface area contributed by atoms with Crippen LogP contribution in [0.15, 0.2) is 24.3 Å². The summed E-state index contributed by atoms with van der Waals surface area (Å²) in [6.07, 6.45) is -29.9. The van der Waals surface area contributed by atoms with Gasteiger partial charge in [-0.1, -0.05) is 0 Å². The monoisotopic (exact) mass is 883 g/mol. The predicted molar refractivity (Wildman–Crippen MR) is 190 cm³/mol. The number of ether oxygens (including phenoxy) is 6. The molecule has 27 heteroatoms. The maximum atomic E-state index is 13.1. The Hall–Kier alpha value is -4.30. The number of non-ortho nitro benzene ring substituents is 1. The van der Waals surface area contributed by atoms with E-state index in [0.29, 0.717) is 0 Å². The van der Waals surface area contributed by atoms with E-state index < -0.39 is 165 Å². The van der Waals surface area contributed by atoms with Crippen LogP contribution in [-0.4, -0.2) is 213 Å². The zero-order valence-electron chi connectivity index (χ0n) is 32.2. The maximum Gasteiger partial charge on any atom is 0.364 e. The van der Waals surface area contributed by atoms with Crippen LogP contribution in [0, 0.1) is 10.1 Å². The summed E-state index contributed by atoms with van der Waals surface area (Å²) in [6, 6.07) is 0.766. The van der Waals surface area contributed by atoms with E-state index in [1.807, 2.05) is 0 Å². The third-order valence-corrected chi connectivity index (χ3v) is 10.1. The van der Waals surface area contributed by atoms with Gasteiger partial charge in [-0.3, -0.25) is 19.7 Å². The van der Waals surface area contributed by atoms with Crippen LogP contribution in [0.3, 0.4) is 0 Å². The summed E-state index contributed by atoms with van der Waals surface area (Å²) < 4.78 is 33.5. The van der Waals surface area contributed by atoms with Crippen LogP contribution < -0.4 is 15.4 Å². The second kappa shape index (κ2) is 20.3. The molecule has 27 nitrogen and oxygen atoms in total. The molecule has 344 valence electrons. The Morgan fingerprint density at radius 2 is 1.33 bits per heavy atom. The number of carboxylic acid groups (broad SMARTS) is 2. The van der Waals surface area contributed by atoms with Gasteiger partial charge in [-0.2, -0.15) is 0 Å². The molecule has 0 aliphatic carbocycles. The number of nitrogens with zero attached hydrogens (tertiary/aromatic N) is 1. The highest BCUT2D eigenvalue weighted by Gasteiger charge is 2.62. The molecule has 17 atom stereocenters. The summed E-state index contributed by atoms with van der Waals surface area (Å²) in [5.74, 6) is -12.5. The van der Waals surface area contributed by atoms with E-state index in [9.17, 15) is 90.6 Å². The molecule has 4 unspecified atom stereocenters. The number of aliphatic hydroxyl groups excluding tert-OH is 10. The van der Waals surface area contributed by atoms with Gasteiger partial charge in [0.25, 0.3) is 17.3 Å². The molecule has 2 amide bonds. The number of aliphatic hydroxyl groups is 10. The highest BCUT2D eigenvalue weighted by Crippen LogP contribution is 2.40. The summed E-state index contributed by atoms with van der Waals surface area (Å²) in [5.41, 5.74) is -0.347. The fraction of sp³-hybridized carbons (Fsp3) is 0.706. The van der Waals surface area contributed by atoms with Gasteiger partial charge in [0.2, 0.25) is 18.1 Å². The Labute approximate surface area is 343 Å². The highest BCUT2D eigenvalue weighted by atomic mass is 16.8. The van der Waals surface area contributed by atoms with E-state index in [0.717, 1.165) is 38.1 Å². The molecule has 0 bridgehead atoms. The molecule has 0 aromatic heterocycles. The Kier molecular flexibility index (Phi) is 16.4. The van der Waals surface area contributed by atoms with Gasteiger partial charge in [0.1, 0.15) is 66.8 Å². The minimum Gasteiger partial charge on any atom is -0.477 e. The van der Waals surface area contributed by atoms with Crippen molar-refractivity contribution in [2.75, 3.05) is 19.8 Å². The molecule has 0 saturated carbocycles. The number of aliphatic carboxylic acids is 2. The first kappa shape index (κ1) is 49.4. The van der Waals surface area contributed by atoms with Crippen molar-refractivity contribution in [3.63, 3.8) is 0 Å². The van der Waals surface area contributed by atoms with E-state index in [1.165, 1.54) is 0 Å². The van der Waals surface area contributed by atoms with Crippen LogP contribution in [0.2, 0.25) is 0 Å². The molecule has 3 aliphatic heterocycles. The number of carbonyl (C=O) groups excluding carboxylic acids is 2. The average molecular weight is 884 g/mol. The van der Waals surface area contributed by atoms with Gasteiger partial charge in [0.15, 0.2) is 0 Å². The number of benzene rings is 1. The lowest BCUT2D eigenvalue weighted by molar-refractivity contribution is -0.384. The topological polar surface area (TPSA) is 434 Å². The average Bonchev–Trinajstić information content (AvgIpc) is 3.20. The van der Waals surface area contributed by atoms with Gasteiger partial charge in [0.05, 0.1) is 49.0 Å². The zero-order valence-corrected chi connectivity index (χ0v) is 32.2. The molecule has 14 N–H and O–H groups in total. The van der Waals surface area contributed by atoms with Crippen LogP contribution in [0.1, 0.15) is 26.7 Å². The SMILES string of the molecule is CC(=O)N[C@@H]1[C@@H](O)C[C@](OC(CO)C(O)[C@@H]2O[C@@](O[C@H]3[C@@H](O)[C@@H](CO)O[C@@H](Oc4ccc([N+](=O)[O-])cc4)[C@@H]3O)(C(=O)O)C[C@H](O)[C@H]2NC(C)=O)(C(=O)O)O[C@H]1C(O)C(O)CO. The number of hydrogen-bond acceptors (Lipinski definition) is 22. The fourth-order valence-electron chi connectivity index (χ4n) is 7.13. The summed E-state index contributed by atoms with van der Waals surface area (Å²) >= 11 is 0. The van der Waals surface area contributed by atoms with Crippen LogP contribution in [0.4, 0.5) is 5.69 Å². The lowest BCUT2D eigenvalue weighted by atomic mass is 9.87. The molecule has 3 heterocycles. The van der Waals surface area contributed by atoms with Gasteiger partial charge in [0, 0.05) is 38.8 Å². The van der Waals surface area contributed by atoms with Crippen LogP contribution in [0.5, 0.6) is 5.75 Å². The Balaban J connectivity index is 1.71. The molecule has 0 radical (unpaired) electrons. The summed E-state index contributed by atoms with van der Waals surface area (Å²) in [5, 5.41) is 144. The standard InChI is InChI=1S/C34H49N3O24/c1-12(41)35-21-16(43)7-33(31(50)51,59-27(21)23(46)18(45)9-38)58-20(11-40)25(48)28-22(36-13(2)42)17(44)8-34(60-28,32(52)53)61-29-24(47)19(10-39)57-30(26(29)49)56-15-5-3-14(4-6-15)37(54)55/h3-6,16-30,38-40,43-49H,7-11H2,1-2H3,(H,35,41)(H,36,42)(H,50,51)(H,52,53)/t16-,17-,18?,19+,20?,21+,22+,23?,24-,25?,26+,27+,28+,29-,30+,33+,34-/m0/s1. The molecular formula is C34H49N3O24. The van der Waals surface area contributed by atoms with Crippen molar-refractivity contribution in [2.24, 2.45) is 0 Å². The summed E-state index contributed by atoms with van der Waals surface area (Å²) in [6.45, 7) is -1.60. The zero-order chi connectivity index (χ0) is 45.7. The first-order valence-corrected chi connectivity index (χ1v) is 18.4. The van der Waals surface area contributed by atoms with E-state index in [-0.39, 0.29) is 11.4 Å². The maximum absolute atomic E-state index is 13.1. The molecular weight excluding hydrogens is 834 g/mol. The van der Waals surface area contributed by atoms with E-state index in [2.05, 4.69) is 10.6 Å².